The molecule has 1 aliphatic heterocycles. The second-order valence-corrected chi connectivity index (χ2v) is 8.96. The number of nitrogens with one attached hydrogen (secondary N) is 1. The van der Waals surface area contributed by atoms with Crippen LogP contribution in [0.5, 0.6) is 11.5 Å². The molecule has 170 valence electrons. The number of hydrogen-bond acceptors (Lipinski definition) is 5. The molecule has 1 N–H and O–H groups in total. The maximum absolute atomic E-state index is 12.3. The van der Waals surface area contributed by atoms with Gasteiger partial charge in [-0.1, -0.05) is 0 Å². The van der Waals surface area contributed by atoms with Gasteiger partial charge in [-0.3, -0.25) is 0 Å². The number of halogens is 4. The molecule has 0 saturated carbocycles. The van der Waals surface area contributed by atoms with E-state index in [-0.39, 0.29) is 11.8 Å². The molecule has 1 aliphatic rings. The zero-order valence-electron chi connectivity index (χ0n) is 17.4. The molecular formula is C20H28BrF3N2O4. The molecule has 0 radical (unpaired) electrons. The quantitative estimate of drug-likeness (QED) is 0.531. The second-order valence-electron chi connectivity index (χ2n) is 8.10. The van der Waals surface area contributed by atoms with Gasteiger partial charge in [0.15, 0.2) is 0 Å². The molecule has 0 unspecified atom stereocenters. The molecule has 0 atom stereocenters. The van der Waals surface area contributed by atoms with Crippen molar-refractivity contribution in [3.8, 4) is 11.5 Å². The highest BCUT2D eigenvalue weighted by Crippen LogP contribution is 2.32. The van der Waals surface area contributed by atoms with Crippen LogP contribution in [0.3, 0.4) is 0 Å². The van der Waals surface area contributed by atoms with Crippen molar-refractivity contribution < 1.29 is 32.2 Å². The first-order chi connectivity index (χ1) is 13.9. The molecule has 30 heavy (non-hydrogen) atoms. The second kappa shape index (κ2) is 10.6. The lowest BCUT2D eigenvalue weighted by atomic mass is 10.1. The fraction of sp³-hybridized carbons (Fsp3) is 0.650. The predicted molar refractivity (Wildman–Crippen MR) is 110 cm³/mol. The van der Waals surface area contributed by atoms with Gasteiger partial charge in [-0.05, 0) is 68.1 Å². The van der Waals surface area contributed by atoms with Gasteiger partial charge in [-0.2, -0.15) is 0 Å². The lowest BCUT2D eigenvalue weighted by Crippen LogP contribution is -2.46. The minimum absolute atomic E-state index is 0.0969. The lowest BCUT2D eigenvalue weighted by Gasteiger charge is -2.32. The van der Waals surface area contributed by atoms with Gasteiger partial charge in [0.25, 0.3) is 0 Å². The van der Waals surface area contributed by atoms with Crippen molar-refractivity contribution in [3.63, 3.8) is 0 Å². The van der Waals surface area contributed by atoms with E-state index in [2.05, 4.69) is 30.9 Å². The average Bonchev–Trinajstić information content (AvgIpc) is 2.59. The Labute approximate surface area is 183 Å². The fourth-order valence-electron chi connectivity index (χ4n) is 3.04. The normalized spacial score (nSPS) is 16.2. The molecule has 0 aliphatic carbocycles. The fourth-order valence-corrected chi connectivity index (χ4v) is 3.40. The summed E-state index contributed by atoms with van der Waals surface area (Å²) >= 11 is 3.27. The molecule has 1 saturated heterocycles. The number of hydrogen-bond donors (Lipinski definition) is 1. The van der Waals surface area contributed by atoms with Crippen LogP contribution in [-0.2, 0) is 4.74 Å². The number of ether oxygens (including phenoxy) is 3. The van der Waals surface area contributed by atoms with Crippen molar-refractivity contribution in [3.05, 3.63) is 22.7 Å². The predicted octanol–water partition coefficient (Wildman–Crippen LogP) is 5.11. The molecule has 0 spiro atoms. The number of carbonyl (C=O) groups is 1. The zero-order valence-corrected chi connectivity index (χ0v) is 18.9. The highest BCUT2D eigenvalue weighted by Gasteiger charge is 2.31. The molecule has 2 rings (SSSR count). The zero-order chi connectivity index (χ0) is 22.4. The van der Waals surface area contributed by atoms with E-state index in [4.69, 9.17) is 9.47 Å². The van der Waals surface area contributed by atoms with E-state index >= 15 is 0 Å². The summed E-state index contributed by atoms with van der Waals surface area (Å²) in [6, 6.07) is 3.99. The van der Waals surface area contributed by atoms with Crippen molar-refractivity contribution in [1.82, 2.24) is 10.2 Å². The van der Waals surface area contributed by atoms with Crippen molar-refractivity contribution in [2.45, 2.75) is 58.0 Å². The summed E-state index contributed by atoms with van der Waals surface area (Å²) < 4.78 is 52.4. The maximum atomic E-state index is 12.3. The minimum atomic E-state index is -4.74. The largest absolute Gasteiger partial charge is 0.573 e. The Morgan fingerprint density at radius 2 is 1.90 bits per heavy atom. The first-order valence-electron chi connectivity index (χ1n) is 9.81. The van der Waals surface area contributed by atoms with E-state index in [1.54, 1.807) is 0 Å². The summed E-state index contributed by atoms with van der Waals surface area (Å²) in [6.45, 7) is 8.35. The third-order valence-electron chi connectivity index (χ3n) is 4.32. The summed E-state index contributed by atoms with van der Waals surface area (Å²) in [5.41, 5.74) is -0.516. The molecule has 1 fully saturated rings. The number of alkyl halides is 3. The topological polar surface area (TPSA) is 60.0 Å². The molecule has 1 heterocycles. The van der Waals surface area contributed by atoms with Gasteiger partial charge in [0, 0.05) is 31.7 Å². The third kappa shape index (κ3) is 9.42. The monoisotopic (exact) mass is 496 g/mol. The number of likely N-dealkylation sites (tertiary alicyclic amines) is 1. The number of amides is 1. The van der Waals surface area contributed by atoms with Crippen LogP contribution in [0.15, 0.2) is 22.7 Å². The van der Waals surface area contributed by atoms with Gasteiger partial charge in [-0.15, -0.1) is 13.2 Å². The summed E-state index contributed by atoms with van der Waals surface area (Å²) in [4.78, 5) is 14.1. The number of benzene rings is 1. The van der Waals surface area contributed by atoms with Crippen LogP contribution in [-0.4, -0.2) is 55.2 Å². The van der Waals surface area contributed by atoms with Crippen LogP contribution in [0.1, 0.15) is 40.0 Å². The molecule has 1 aromatic rings. The van der Waals surface area contributed by atoms with E-state index < -0.39 is 18.1 Å². The van der Waals surface area contributed by atoms with E-state index in [0.717, 1.165) is 38.9 Å². The molecule has 1 amide bonds. The minimum Gasteiger partial charge on any atom is -0.492 e. The van der Waals surface area contributed by atoms with Gasteiger partial charge in [0.1, 0.15) is 17.1 Å². The van der Waals surface area contributed by atoms with Crippen molar-refractivity contribution in [2.75, 3.05) is 26.2 Å². The number of piperidine rings is 1. The summed E-state index contributed by atoms with van der Waals surface area (Å²) in [6.07, 6.45) is -2.74. The lowest BCUT2D eigenvalue weighted by molar-refractivity contribution is -0.274. The Hall–Kier alpha value is -1.68. The molecule has 0 bridgehead atoms. The van der Waals surface area contributed by atoms with E-state index in [1.165, 1.54) is 18.2 Å². The first-order valence-corrected chi connectivity index (χ1v) is 10.6. The van der Waals surface area contributed by atoms with Crippen LogP contribution in [0.2, 0.25) is 0 Å². The third-order valence-corrected chi connectivity index (χ3v) is 4.98. The number of rotatable bonds is 7. The highest BCUT2D eigenvalue weighted by molar-refractivity contribution is 9.10. The van der Waals surface area contributed by atoms with Crippen LogP contribution in [0.25, 0.3) is 0 Å². The Kier molecular flexibility index (Phi) is 8.66. The van der Waals surface area contributed by atoms with E-state index in [0.29, 0.717) is 16.8 Å². The first kappa shape index (κ1) is 24.6. The van der Waals surface area contributed by atoms with E-state index in [9.17, 15) is 18.0 Å². The standard InChI is InChI=1S/C20H28BrF3N2O4/c1-19(2,3)30-18(27)25-14-7-10-26(11-8-14)9-4-12-28-17-13-15(5-6-16(17)21)29-20(22,23)24/h5-6,13-14H,4,7-12H2,1-3H3,(H,25,27). The molecular weight excluding hydrogens is 469 g/mol. The summed E-state index contributed by atoms with van der Waals surface area (Å²) in [7, 11) is 0. The Morgan fingerprint density at radius 1 is 1.23 bits per heavy atom. The van der Waals surface area contributed by atoms with Crippen LogP contribution in [0.4, 0.5) is 18.0 Å². The summed E-state index contributed by atoms with van der Waals surface area (Å²) in [5, 5.41) is 2.90. The Morgan fingerprint density at radius 3 is 2.50 bits per heavy atom. The number of alkyl carbamates (subject to hydrolysis) is 1. The molecule has 0 aromatic heterocycles. The number of carbonyl (C=O) groups excluding carboxylic acids is 1. The summed E-state index contributed by atoms with van der Waals surface area (Å²) in [5.74, 6) is -0.0164. The van der Waals surface area contributed by atoms with Crippen LogP contribution in [0, 0.1) is 0 Å². The van der Waals surface area contributed by atoms with Crippen LogP contribution < -0.4 is 14.8 Å². The average molecular weight is 497 g/mol. The van der Waals surface area contributed by atoms with Gasteiger partial charge >= 0.3 is 12.5 Å². The van der Waals surface area contributed by atoms with E-state index in [1.807, 2.05) is 20.8 Å². The smallest absolute Gasteiger partial charge is 0.492 e. The van der Waals surface area contributed by atoms with Gasteiger partial charge in [-0.25, -0.2) is 4.79 Å². The molecule has 10 heteroatoms. The molecule has 1 aromatic carbocycles. The SMILES string of the molecule is CC(C)(C)OC(=O)NC1CCN(CCCOc2cc(OC(F)(F)F)ccc2Br)CC1. The van der Waals surface area contributed by atoms with Crippen LogP contribution >= 0.6 is 15.9 Å². The van der Waals surface area contributed by atoms with Gasteiger partial charge in [0.05, 0.1) is 11.1 Å². The molecule has 6 nitrogen and oxygen atoms in total. The van der Waals surface area contributed by atoms with Gasteiger partial charge < -0.3 is 24.4 Å². The van der Waals surface area contributed by atoms with Crippen molar-refractivity contribution >= 4 is 22.0 Å². The maximum Gasteiger partial charge on any atom is 0.573 e. The van der Waals surface area contributed by atoms with Gasteiger partial charge in [0.2, 0.25) is 0 Å². The van der Waals surface area contributed by atoms with Crippen molar-refractivity contribution in [1.29, 1.82) is 0 Å². The number of nitrogens with zero attached hydrogens (tertiary/aromatic N) is 1. The Bertz CT molecular complexity index is 702. The van der Waals surface area contributed by atoms with Crippen molar-refractivity contribution in [2.24, 2.45) is 0 Å². The highest BCUT2D eigenvalue weighted by atomic mass is 79.9. The Balaban J connectivity index is 1.68.